The fourth-order valence-electron chi connectivity index (χ4n) is 4.55. The SMILES string of the molecule is Cn1cncc1C(NCc1ccc(C(=O)O)cc1)c1ccc(C#N)c(-c2cccc3ccccc23)c1.[H-].[Li+]. The molecule has 0 aliphatic heterocycles. The fourth-order valence-corrected chi connectivity index (χ4v) is 4.55. The minimum absolute atomic E-state index is 0. The van der Waals surface area contributed by atoms with Crippen molar-refractivity contribution >= 4 is 16.7 Å². The van der Waals surface area contributed by atoms with Crippen LogP contribution >= 0.6 is 0 Å². The van der Waals surface area contributed by atoms with Gasteiger partial charge in [0.1, 0.15) is 0 Å². The van der Waals surface area contributed by atoms with Crippen molar-refractivity contribution in [2.75, 3.05) is 0 Å². The Balaban J connectivity index is 0.00000200. The standard InChI is InChI=1S/C30H24N4O2.Li.H/c1-34-19-32-18-28(34)29(33-17-20-9-11-22(12-10-20)30(35)36)23-13-14-24(16-31)27(15-23)26-8-4-6-21-5-2-3-7-25(21)26;;/h2-15,18-19,29,33H,17H2,1H3,(H,35,36);;/q;+1;-1. The monoisotopic (exact) mass is 480 g/mol. The maximum Gasteiger partial charge on any atom is 1.00 e. The molecule has 0 spiro atoms. The molecule has 1 unspecified atom stereocenters. The van der Waals surface area contributed by atoms with Crippen LogP contribution in [-0.2, 0) is 13.6 Å². The number of benzene rings is 4. The normalized spacial score (nSPS) is 11.5. The molecule has 1 heterocycles. The van der Waals surface area contributed by atoms with Gasteiger partial charge < -0.3 is 16.4 Å². The van der Waals surface area contributed by atoms with E-state index >= 15 is 0 Å². The molecule has 0 bridgehead atoms. The first-order valence-corrected chi connectivity index (χ1v) is 11.6. The number of nitrogens with one attached hydrogen (secondary N) is 1. The number of imidazole rings is 1. The Bertz CT molecular complexity index is 1600. The molecule has 0 fully saturated rings. The van der Waals surface area contributed by atoms with Gasteiger partial charge in [0.25, 0.3) is 0 Å². The molecular formula is C30H25LiN4O2. The van der Waals surface area contributed by atoms with Crippen LogP contribution in [0, 0.1) is 11.3 Å². The van der Waals surface area contributed by atoms with Crippen LogP contribution in [0.4, 0.5) is 0 Å². The van der Waals surface area contributed by atoms with Crippen molar-refractivity contribution in [3.05, 3.63) is 125 Å². The molecular weight excluding hydrogens is 455 g/mol. The van der Waals surface area contributed by atoms with Gasteiger partial charge in [0.05, 0.1) is 41.5 Å². The Hall–Kier alpha value is -4.13. The quantitative estimate of drug-likeness (QED) is 0.350. The van der Waals surface area contributed by atoms with E-state index in [0.29, 0.717) is 12.1 Å². The Morgan fingerprint density at radius 3 is 2.51 bits per heavy atom. The maximum atomic E-state index is 11.2. The fraction of sp³-hybridized carbons (Fsp3) is 0.100. The van der Waals surface area contributed by atoms with Gasteiger partial charge in [-0.25, -0.2) is 9.78 Å². The molecule has 1 atom stereocenters. The predicted octanol–water partition coefficient (Wildman–Crippen LogP) is 2.81. The number of hydrogen-bond donors (Lipinski definition) is 2. The zero-order valence-electron chi connectivity index (χ0n) is 21.7. The average Bonchev–Trinajstić information content (AvgIpc) is 3.34. The van der Waals surface area contributed by atoms with Gasteiger partial charge in [-0.2, -0.15) is 5.26 Å². The molecule has 6 nitrogen and oxygen atoms in total. The van der Waals surface area contributed by atoms with Gasteiger partial charge in [-0.3, -0.25) is 0 Å². The second-order valence-electron chi connectivity index (χ2n) is 8.69. The minimum Gasteiger partial charge on any atom is -1.00 e. The summed E-state index contributed by atoms with van der Waals surface area (Å²) < 4.78 is 1.97. The van der Waals surface area contributed by atoms with Crippen molar-refractivity contribution in [3.63, 3.8) is 0 Å². The zero-order chi connectivity index (χ0) is 25.1. The second kappa shape index (κ2) is 11.3. The van der Waals surface area contributed by atoms with Gasteiger partial charge >= 0.3 is 24.8 Å². The van der Waals surface area contributed by atoms with Crippen LogP contribution in [0.25, 0.3) is 21.9 Å². The summed E-state index contributed by atoms with van der Waals surface area (Å²) in [6.45, 7) is 0.527. The molecule has 5 aromatic rings. The second-order valence-corrected chi connectivity index (χ2v) is 8.69. The zero-order valence-corrected chi connectivity index (χ0v) is 20.7. The molecule has 1 aromatic heterocycles. The van der Waals surface area contributed by atoms with Crippen molar-refractivity contribution < 1.29 is 30.2 Å². The number of aromatic carboxylic acids is 1. The van der Waals surface area contributed by atoms with E-state index in [-0.39, 0.29) is 31.9 Å². The number of nitriles is 1. The number of aromatic nitrogens is 2. The summed E-state index contributed by atoms with van der Waals surface area (Å²) in [5.74, 6) is -0.944. The van der Waals surface area contributed by atoms with Gasteiger partial charge in [0.15, 0.2) is 0 Å². The molecule has 0 saturated carbocycles. The smallest absolute Gasteiger partial charge is 1.00 e. The number of carboxylic acids is 1. The van der Waals surface area contributed by atoms with E-state index in [9.17, 15) is 15.2 Å². The molecule has 37 heavy (non-hydrogen) atoms. The first kappa shape index (κ1) is 25.9. The Morgan fingerprint density at radius 2 is 1.81 bits per heavy atom. The van der Waals surface area contributed by atoms with Crippen molar-refractivity contribution in [2.24, 2.45) is 7.05 Å². The first-order chi connectivity index (χ1) is 17.5. The van der Waals surface area contributed by atoms with Gasteiger partial charge in [0.2, 0.25) is 0 Å². The predicted molar refractivity (Wildman–Crippen MR) is 141 cm³/mol. The van der Waals surface area contributed by atoms with Crippen molar-refractivity contribution in [2.45, 2.75) is 12.6 Å². The number of rotatable bonds is 7. The molecule has 0 aliphatic rings. The van der Waals surface area contributed by atoms with E-state index in [0.717, 1.165) is 38.7 Å². The van der Waals surface area contributed by atoms with E-state index in [1.54, 1.807) is 18.5 Å². The van der Waals surface area contributed by atoms with Gasteiger partial charge in [-0.05, 0) is 51.7 Å². The molecule has 5 rings (SSSR count). The number of carboxylic acid groups (broad SMARTS) is 1. The van der Waals surface area contributed by atoms with Crippen molar-refractivity contribution in [1.82, 2.24) is 14.9 Å². The topological polar surface area (TPSA) is 90.9 Å². The number of aryl methyl sites for hydroxylation is 1. The summed E-state index contributed by atoms with van der Waals surface area (Å²) >= 11 is 0. The van der Waals surface area contributed by atoms with Crippen LogP contribution in [-0.4, -0.2) is 20.6 Å². The largest absolute Gasteiger partial charge is 1.00 e. The summed E-state index contributed by atoms with van der Waals surface area (Å²) in [6, 6.07) is 29.3. The number of nitrogens with zero attached hydrogens (tertiary/aromatic N) is 3. The molecule has 7 heteroatoms. The summed E-state index contributed by atoms with van der Waals surface area (Å²) in [4.78, 5) is 15.5. The van der Waals surface area contributed by atoms with E-state index in [4.69, 9.17) is 0 Å². The maximum absolute atomic E-state index is 11.2. The summed E-state index contributed by atoms with van der Waals surface area (Å²) in [7, 11) is 1.95. The van der Waals surface area contributed by atoms with Crippen LogP contribution in [0.2, 0.25) is 0 Å². The number of hydrogen-bond acceptors (Lipinski definition) is 4. The van der Waals surface area contributed by atoms with E-state index in [1.165, 1.54) is 0 Å². The summed E-state index contributed by atoms with van der Waals surface area (Å²) in [5, 5.41) is 24.9. The third-order valence-electron chi connectivity index (χ3n) is 6.44. The molecule has 2 N–H and O–H groups in total. The minimum atomic E-state index is -0.944. The summed E-state index contributed by atoms with van der Waals surface area (Å²) in [5.41, 5.74) is 5.71. The third-order valence-corrected chi connectivity index (χ3v) is 6.44. The van der Waals surface area contributed by atoms with Crippen LogP contribution in [0.15, 0.2) is 97.5 Å². The number of fused-ring (bicyclic) bond motifs is 1. The third kappa shape index (κ3) is 5.35. The van der Waals surface area contributed by atoms with Crippen LogP contribution in [0.5, 0.6) is 0 Å². The Morgan fingerprint density at radius 1 is 1.05 bits per heavy atom. The van der Waals surface area contributed by atoms with E-state index in [1.807, 2.05) is 60.3 Å². The molecule has 4 aromatic carbocycles. The van der Waals surface area contributed by atoms with Crippen LogP contribution < -0.4 is 24.2 Å². The van der Waals surface area contributed by atoms with Crippen molar-refractivity contribution in [1.29, 1.82) is 5.26 Å². The van der Waals surface area contributed by atoms with Gasteiger partial charge in [-0.1, -0.05) is 60.7 Å². The first-order valence-electron chi connectivity index (χ1n) is 11.6. The van der Waals surface area contributed by atoms with Gasteiger partial charge in [0, 0.05) is 19.2 Å². The number of carbonyl (C=O) groups is 1. The van der Waals surface area contributed by atoms with E-state index in [2.05, 4.69) is 46.7 Å². The van der Waals surface area contributed by atoms with Crippen molar-refractivity contribution in [3.8, 4) is 17.2 Å². The molecule has 178 valence electrons. The molecule has 0 aliphatic carbocycles. The molecule has 0 saturated heterocycles. The van der Waals surface area contributed by atoms with Crippen LogP contribution in [0.1, 0.15) is 40.2 Å². The Kier molecular flexibility index (Phi) is 7.91. The van der Waals surface area contributed by atoms with E-state index < -0.39 is 5.97 Å². The van der Waals surface area contributed by atoms with Gasteiger partial charge in [-0.15, -0.1) is 0 Å². The van der Waals surface area contributed by atoms with Crippen LogP contribution in [0.3, 0.4) is 0 Å². The summed E-state index contributed by atoms with van der Waals surface area (Å²) in [6.07, 6.45) is 3.60. The molecule has 0 amide bonds. The molecule has 0 radical (unpaired) electrons. The average molecular weight is 480 g/mol. The Labute approximate surface area is 228 Å².